The Bertz CT molecular complexity index is 236. The molecular formula is C9H16F2N2O2. The van der Waals surface area contributed by atoms with Crippen LogP contribution < -0.4 is 5.73 Å². The number of hydrogen-bond donors (Lipinski definition) is 2. The third-order valence-corrected chi connectivity index (χ3v) is 2.55. The maximum absolute atomic E-state index is 12.9. The van der Waals surface area contributed by atoms with Gasteiger partial charge in [0.05, 0.1) is 6.54 Å². The number of aliphatic carboxylic acids is 1. The molecule has 1 atom stereocenters. The average Bonchev–Trinajstić information content (AvgIpc) is 2.12. The molecule has 15 heavy (non-hydrogen) atoms. The molecule has 0 unspecified atom stereocenters. The summed E-state index contributed by atoms with van der Waals surface area (Å²) >= 11 is 0. The summed E-state index contributed by atoms with van der Waals surface area (Å²) in [6.45, 7) is 0.643. The first-order valence-electron chi connectivity index (χ1n) is 4.99. The van der Waals surface area contributed by atoms with E-state index in [9.17, 15) is 13.6 Å². The fraction of sp³-hybridized carbons (Fsp3) is 0.889. The third kappa shape index (κ3) is 4.09. The number of rotatable bonds is 4. The number of likely N-dealkylation sites (tertiary alicyclic amines) is 1. The highest BCUT2D eigenvalue weighted by Gasteiger charge is 2.34. The Kier molecular flexibility index (Phi) is 3.98. The maximum atomic E-state index is 12.9. The lowest BCUT2D eigenvalue weighted by Crippen LogP contribution is -2.44. The van der Waals surface area contributed by atoms with Gasteiger partial charge < -0.3 is 10.8 Å². The van der Waals surface area contributed by atoms with E-state index in [1.807, 2.05) is 0 Å². The lowest BCUT2D eigenvalue weighted by Gasteiger charge is -2.32. The highest BCUT2D eigenvalue weighted by atomic mass is 19.3. The van der Waals surface area contributed by atoms with Crippen molar-refractivity contribution in [3.05, 3.63) is 0 Å². The molecule has 0 spiro atoms. The molecule has 1 rings (SSSR count). The largest absolute Gasteiger partial charge is 0.480 e. The quantitative estimate of drug-likeness (QED) is 0.727. The Morgan fingerprint density at radius 2 is 2.27 bits per heavy atom. The molecule has 1 aliphatic heterocycles. The standard InChI is InChI=1S/C9H16F2N2O2/c10-9(11)3-1-4-13(6-9)5-2-7(12)8(14)15/h7H,1-6,12H2,(H,14,15)/t7-/m0/s1. The molecule has 0 aromatic rings. The Morgan fingerprint density at radius 1 is 1.60 bits per heavy atom. The molecular weight excluding hydrogens is 206 g/mol. The summed E-state index contributed by atoms with van der Waals surface area (Å²) in [5, 5.41) is 8.52. The number of halogens is 2. The van der Waals surface area contributed by atoms with Crippen molar-refractivity contribution in [3.8, 4) is 0 Å². The zero-order valence-corrected chi connectivity index (χ0v) is 8.46. The minimum absolute atomic E-state index is 0.0749. The number of carboxylic acids is 1. The molecule has 3 N–H and O–H groups in total. The van der Waals surface area contributed by atoms with Crippen molar-refractivity contribution in [2.75, 3.05) is 19.6 Å². The van der Waals surface area contributed by atoms with Crippen LogP contribution in [-0.2, 0) is 4.79 Å². The number of nitrogens with two attached hydrogens (primary N) is 1. The van der Waals surface area contributed by atoms with E-state index in [0.717, 1.165) is 0 Å². The Morgan fingerprint density at radius 3 is 2.80 bits per heavy atom. The van der Waals surface area contributed by atoms with E-state index in [0.29, 0.717) is 19.5 Å². The van der Waals surface area contributed by atoms with Gasteiger partial charge in [-0.25, -0.2) is 8.78 Å². The number of piperidine rings is 1. The van der Waals surface area contributed by atoms with Crippen LogP contribution in [0.3, 0.4) is 0 Å². The summed E-state index contributed by atoms with van der Waals surface area (Å²) in [5.41, 5.74) is 5.29. The molecule has 1 fully saturated rings. The van der Waals surface area contributed by atoms with Gasteiger partial charge in [-0.1, -0.05) is 0 Å². The normalized spacial score (nSPS) is 23.7. The van der Waals surface area contributed by atoms with Crippen LogP contribution >= 0.6 is 0 Å². The molecule has 0 bridgehead atoms. The molecule has 1 saturated heterocycles. The zero-order chi connectivity index (χ0) is 11.5. The second kappa shape index (κ2) is 4.85. The first kappa shape index (κ1) is 12.3. The highest BCUT2D eigenvalue weighted by Crippen LogP contribution is 2.26. The predicted octanol–water partition coefficient (Wildman–Crippen LogP) is 0.520. The summed E-state index contributed by atoms with van der Waals surface area (Å²) in [6, 6.07) is -0.958. The van der Waals surface area contributed by atoms with E-state index in [-0.39, 0.29) is 19.4 Å². The second-order valence-corrected chi connectivity index (χ2v) is 3.97. The second-order valence-electron chi connectivity index (χ2n) is 3.97. The minimum atomic E-state index is -2.63. The van der Waals surface area contributed by atoms with Crippen LogP contribution in [0.15, 0.2) is 0 Å². The van der Waals surface area contributed by atoms with E-state index in [2.05, 4.69) is 0 Å². The first-order chi connectivity index (χ1) is 6.91. The lowest BCUT2D eigenvalue weighted by molar-refractivity contribution is -0.138. The Labute approximate surface area is 87.0 Å². The molecule has 1 heterocycles. The molecule has 0 aromatic heterocycles. The summed E-state index contributed by atoms with van der Waals surface area (Å²) in [5.74, 6) is -3.72. The van der Waals surface area contributed by atoms with Gasteiger partial charge in [-0.3, -0.25) is 9.69 Å². The van der Waals surface area contributed by atoms with Gasteiger partial charge in [-0.2, -0.15) is 0 Å². The maximum Gasteiger partial charge on any atom is 0.320 e. The molecule has 1 aliphatic rings. The summed E-state index contributed by atoms with van der Waals surface area (Å²) in [7, 11) is 0. The molecule has 0 aliphatic carbocycles. The summed E-state index contributed by atoms with van der Waals surface area (Å²) in [6.07, 6.45) is 0.592. The van der Waals surface area contributed by atoms with Gasteiger partial charge >= 0.3 is 5.97 Å². The van der Waals surface area contributed by atoms with Crippen molar-refractivity contribution in [1.82, 2.24) is 4.90 Å². The zero-order valence-electron chi connectivity index (χ0n) is 8.46. The molecule has 0 aromatic carbocycles. The first-order valence-corrected chi connectivity index (χ1v) is 4.99. The lowest BCUT2D eigenvalue weighted by atomic mass is 10.1. The van der Waals surface area contributed by atoms with Gasteiger partial charge in [0.2, 0.25) is 0 Å². The number of nitrogens with zero attached hydrogens (tertiary/aromatic N) is 1. The van der Waals surface area contributed by atoms with Gasteiger partial charge in [-0.05, 0) is 19.4 Å². The van der Waals surface area contributed by atoms with Crippen LogP contribution in [0.1, 0.15) is 19.3 Å². The number of carbonyl (C=O) groups is 1. The van der Waals surface area contributed by atoms with Gasteiger partial charge in [-0.15, -0.1) is 0 Å². The number of hydrogen-bond acceptors (Lipinski definition) is 3. The predicted molar refractivity (Wildman–Crippen MR) is 50.8 cm³/mol. The van der Waals surface area contributed by atoms with Crippen LogP contribution in [0.25, 0.3) is 0 Å². The van der Waals surface area contributed by atoms with Crippen molar-refractivity contribution in [2.45, 2.75) is 31.2 Å². The molecule has 0 radical (unpaired) electrons. The van der Waals surface area contributed by atoms with Gasteiger partial charge in [0.25, 0.3) is 5.92 Å². The number of alkyl halides is 2. The van der Waals surface area contributed by atoms with Crippen molar-refractivity contribution in [3.63, 3.8) is 0 Å². The van der Waals surface area contributed by atoms with Crippen LogP contribution in [0.4, 0.5) is 8.78 Å². The van der Waals surface area contributed by atoms with Crippen LogP contribution in [-0.4, -0.2) is 47.6 Å². The fourth-order valence-corrected chi connectivity index (χ4v) is 1.68. The molecule has 4 nitrogen and oxygen atoms in total. The van der Waals surface area contributed by atoms with Crippen LogP contribution in [0.5, 0.6) is 0 Å². The van der Waals surface area contributed by atoms with Crippen molar-refractivity contribution < 1.29 is 18.7 Å². The third-order valence-electron chi connectivity index (χ3n) is 2.55. The smallest absolute Gasteiger partial charge is 0.320 e. The molecule has 6 heteroatoms. The SMILES string of the molecule is N[C@@H](CCN1CCCC(F)(F)C1)C(=O)O. The van der Waals surface area contributed by atoms with Crippen molar-refractivity contribution in [2.24, 2.45) is 5.73 Å². The van der Waals surface area contributed by atoms with Crippen LogP contribution in [0.2, 0.25) is 0 Å². The molecule has 0 amide bonds. The number of carboxylic acid groups (broad SMARTS) is 1. The van der Waals surface area contributed by atoms with Crippen molar-refractivity contribution >= 4 is 5.97 Å². The van der Waals surface area contributed by atoms with Gasteiger partial charge in [0.1, 0.15) is 6.04 Å². The highest BCUT2D eigenvalue weighted by molar-refractivity contribution is 5.72. The van der Waals surface area contributed by atoms with E-state index in [1.165, 1.54) is 0 Å². The summed E-state index contributed by atoms with van der Waals surface area (Å²) in [4.78, 5) is 12.0. The van der Waals surface area contributed by atoms with Gasteiger partial charge in [0.15, 0.2) is 0 Å². The monoisotopic (exact) mass is 222 g/mol. The van der Waals surface area contributed by atoms with E-state index in [1.54, 1.807) is 4.90 Å². The van der Waals surface area contributed by atoms with Gasteiger partial charge in [0, 0.05) is 13.0 Å². The fourth-order valence-electron chi connectivity index (χ4n) is 1.68. The molecule has 88 valence electrons. The Hall–Kier alpha value is -0.750. The molecule has 0 saturated carbocycles. The van der Waals surface area contributed by atoms with Crippen molar-refractivity contribution in [1.29, 1.82) is 0 Å². The Balaban J connectivity index is 2.30. The van der Waals surface area contributed by atoms with Crippen LogP contribution in [0, 0.1) is 0 Å². The summed E-state index contributed by atoms with van der Waals surface area (Å²) < 4.78 is 25.9. The van der Waals surface area contributed by atoms with E-state index < -0.39 is 17.9 Å². The van der Waals surface area contributed by atoms with E-state index >= 15 is 0 Å². The average molecular weight is 222 g/mol. The van der Waals surface area contributed by atoms with E-state index in [4.69, 9.17) is 10.8 Å². The minimum Gasteiger partial charge on any atom is -0.480 e. The topological polar surface area (TPSA) is 66.6 Å².